The van der Waals surface area contributed by atoms with E-state index in [1.54, 1.807) is 0 Å². The molecule has 3 rings (SSSR count). The van der Waals surface area contributed by atoms with Crippen LogP contribution in [0.5, 0.6) is 0 Å². The van der Waals surface area contributed by atoms with Gasteiger partial charge in [0, 0.05) is 50.6 Å². The summed E-state index contributed by atoms with van der Waals surface area (Å²) in [7, 11) is 0. The highest BCUT2D eigenvalue weighted by atomic mass is 19.1. The Morgan fingerprint density at radius 1 is 1.00 bits per heavy atom. The van der Waals surface area contributed by atoms with Gasteiger partial charge in [-0.25, -0.2) is 4.39 Å². The number of nitrogens with two attached hydrogens (primary N) is 1. The van der Waals surface area contributed by atoms with Crippen LogP contribution in [0, 0.1) is 5.82 Å². The van der Waals surface area contributed by atoms with Crippen molar-refractivity contribution >= 4 is 17.3 Å². The summed E-state index contributed by atoms with van der Waals surface area (Å²) in [6.07, 6.45) is 0.374. The third-order valence-corrected chi connectivity index (χ3v) is 4.66. The van der Waals surface area contributed by atoms with Crippen molar-refractivity contribution in [3.8, 4) is 0 Å². The lowest BCUT2D eigenvalue weighted by Gasteiger charge is -2.36. The first-order valence-electron chi connectivity index (χ1n) is 8.94. The van der Waals surface area contributed by atoms with Crippen LogP contribution < -0.4 is 16.0 Å². The number of piperazine rings is 1. The van der Waals surface area contributed by atoms with Crippen LogP contribution in [0.25, 0.3) is 0 Å². The summed E-state index contributed by atoms with van der Waals surface area (Å²) in [6.45, 7) is 5.17. The number of carbonyl (C=O) groups is 1. The molecule has 1 saturated heterocycles. The molecule has 0 unspecified atom stereocenters. The van der Waals surface area contributed by atoms with Crippen molar-refractivity contribution in [2.75, 3.05) is 49.9 Å². The van der Waals surface area contributed by atoms with Crippen LogP contribution in [0.15, 0.2) is 48.5 Å². The Labute approximate surface area is 153 Å². The molecule has 1 heterocycles. The number of rotatable bonds is 6. The number of halogens is 1. The van der Waals surface area contributed by atoms with Gasteiger partial charge in [0.2, 0.25) is 5.91 Å². The van der Waals surface area contributed by atoms with Crippen LogP contribution >= 0.6 is 0 Å². The molecule has 6 heteroatoms. The Balaban J connectivity index is 1.35. The third kappa shape index (κ3) is 5.20. The summed E-state index contributed by atoms with van der Waals surface area (Å²) >= 11 is 0. The van der Waals surface area contributed by atoms with Gasteiger partial charge in [-0.05, 0) is 42.0 Å². The number of nitrogen functional groups attached to an aromatic ring is 1. The summed E-state index contributed by atoms with van der Waals surface area (Å²) in [5.74, 6) is -0.179. The second-order valence-corrected chi connectivity index (χ2v) is 6.57. The first-order valence-corrected chi connectivity index (χ1v) is 8.94. The summed E-state index contributed by atoms with van der Waals surface area (Å²) in [5, 5.41) is 2.98. The van der Waals surface area contributed by atoms with E-state index in [-0.39, 0.29) is 11.7 Å². The highest BCUT2D eigenvalue weighted by Gasteiger charge is 2.17. The van der Waals surface area contributed by atoms with Gasteiger partial charge in [0.15, 0.2) is 0 Å². The quantitative estimate of drug-likeness (QED) is 0.776. The van der Waals surface area contributed by atoms with E-state index in [4.69, 9.17) is 5.73 Å². The Morgan fingerprint density at radius 3 is 2.31 bits per heavy atom. The molecule has 2 aromatic carbocycles. The second-order valence-electron chi connectivity index (χ2n) is 6.57. The molecule has 0 atom stereocenters. The molecule has 0 aromatic heterocycles. The van der Waals surface area contributed by atoms with Crippen LogP contribution in [0.1, 0.15) is 5.56 Å². The molecule has 0 bridgehead atoms. The number of anilines is 2. The minimum absolute atomic E-state index is 0.0275. The van der Waals surface area contributed by atoms with E-state index in [9.17, 15) is 9.18 Å². The van der Waals surface area contributed by atoms with Crippen LogP contribution in [-0.4, -0.2) is 50.1 Å². The molecule has 138 valence electrons. The zero-order valence-corrected chi connectivity index (χ0v) is 14.8. The predicted octanol–water partition coefficient (Wildman–Crippen LogP) is 1.89. The SMILES string of the molecule is Nc1ccc(CC(=O)NCCN2CCN(c3ccc(F)cc3)CC2)cc1. The smallest absolute Gasteiger partial charge is 0.224 e. The van der Waals surface area contributed by atoms with Gasteiger partial charge in [0.25, 0.3) is 0 Å². The van der Waals surface area contributed by atoms with Crippen LogP contribution in [0.2, 0.25) is 0 Å². The minimum Gasteiger partial charge on any atom is -0.399 e. The van der Waals surface area contributed by atoms with E-state index in [0.717, 1.165) is 44.0 Å². The summed E-state index contributed by atoms with van der Waals surface area (Å²) in [5.41, 5.74) is 8.37. The number of nitrogens with zero attached hydrogens (tertiary/aromatic N) is 2. The molecule has 0 aliphatic carbocycles. The summed E-state index contributed by atoms with van der Waals surface area (Å²) in [4.78, 5) is 16.6. The van der Waals surface area contributed by atoms with Gasteiger partial charge in [0.1, 0.15) is 5.82 Å². The maximum atomic E-state index is 13.0. The van der Waals surface area contributed by atoms with Gasteiger partial charge in [-0.1, -0.05) is 12.1 Å². The normalized spacial score (nSPS) is 15.0. The van der Waals surface area contributed by atoms with E-state index in [1.165, 1.54) is 12.1 Å². The maximum Gasteiger partial charge on any atom is 0.224 e. The first-order chi connectivity index (χ1) is 12.6. The van der Waals surface area contributed by atoms with Crippen molar-refractivity contribution < 1.29 is 9.18 Å². The van der Waals surface area contributed by atoms with Crippen LogP contribution in [-0.2, 0) is 11.2 Å². The van der Waals surface area contributed by atoms with Crippen molar-refractivity contribution in [3.63, 3.8) is 0 Å². The molecular formula is C20H25FN4O. The Hall–Kier alpha value is -2.60. The Kier molecular flexibility index (Phi) is 6.07. The number of hydrogen-bond donors (Lipinski definition) is 2. The largest absolute Gasteiger partial charge is 0.399 e. The average molecular weight is 356 g/mol. The second kappa shape index (κ2) is 8.67. The number of amides is 1. The van der Waals surface area contributed by atoms with Crippen molar-refractivity contribution in [1.29, 1.82) is 0 Å². The average Bonchev–Trinajstić information content (AvgIpc) is 2.65. The lowest BCUT2D eigenvalue weighted by molar-refractivity contribution is -0.120. The predicted molar refractivity (Wildman–Crippen MR) is 103 cm³/mol. The van der Waals surface area contributed by atoms with E-state index >= 15 is 0 Å². The number of hydrogen-bond acceptors (Lipinski definition) is 4. The third-order valence-electron chi connectivity index (χ3n) is 4.66. The van der Waals surface area contributed by atoms with Gasteiger partial charge in [-0.2, -0.15) is 0 Å². The van der Waals surface area contributed by atoms with Gasteiger partial charge in [-0.15, -0.1) is 0 Å². The summed E-state index contributed by atoms with van der Waals surface area (Å²) < 4.78 is 13.0. The van der Waals surface area contributed by atoms with Crippen molar-refractivity contribution in [2.24, 2.45) is 0 Å². The van der Waals surface area contributed by atoms with Gasteiger partial charge in [0.05, 0.1) is 6.42 Å². The van der Waals surface area contributed by atoms with E-state index in [0.29, 0.717) is 18.7 Å². The van der Waals surface area contributed by atoms with Crippen LogP contribution in [0.3, 0.4) is 0 Å². The lowest BCUT2D eigenvalue weighted by atomic mass is 10.1. The van der Waals surface area contributed by atoms with E-state index < -0.39 is 0 Å². The van der Waals surface area contributed by atoms with Crippen LogP contribution in [0.4, 0.5) is 15.8 Å². The minimum atomic E-state index is -0.206. The van der Waals surface area contributed by atoms with Gasteiger partial charge >= 0.3 is 0 Å². The lowest BCUT2D eigenvalue weighted by Crippen LogP contribution is -2.48. The molecule has 0 radical (unpaired) electrons. The zero-order chi connectivity index (χ0) is 18.4. The van der Waals surface area contributed by atoms with Crippen molar-refractivity contribution in [1.82, 2.24) is 10.2 Å². The molecular weight excluding hydrogens is 331 g/mol. The fourth-order valence-corrected chi connectivity index (χ4v) is 3.12. The Bertz CT molecular complexity index is 710. The van der Waals surface area contributed by atoms with E-state index in [2.05, 4.69) is 15.1 Å². The molecule has 1 aliphatic rings. The van der Waals surface area contributed by atoms with E-state index in [1.807, 2.05) is 36.4 Å². The maximum absolute atomic E-state index is 13.0. The van der Waals surface area contributed by atoms with Gasteiger partial charge in [-0.3, -0.25) is 9.69 Å². The van der Waals surface area contributed by atoms with Crippen molar-refractivity contribution in [2.45, 2.75) is 6.42 Å². The molecule has 0 spiro atoms. The molecule has 2 aromatic rings. The van der Waals surface area contributed by atoms with Crippen molar-refractivity contribution in [3.05, 3.63) is 59.9 Å². The molecule has 0 saturated carbocycles. The molecule has 3 N–H and O–H groups in total. The zero-order valence-electron chi connectivity index (χ0n) is 14.8. The molecule has 5 nitrogen and oxygen atoms in total. The van der Waals surface area contributed by atoms with Gasteiger partial charge < -0.3 is 16.0 Å². The highest BCUT2D eigenvalue weighted by molar-refractivity contribution is 5.78. The highest BCUT2D eigenvalue weighted by Crippen LogP contribution is 2.16. The number of benzene rings is 2. The monoisotopic (exact) mass is 356 g/mol. The molecule has 1 aliphatic heterocycles. The standard InChI is InChI=1S/C20H25FN4O/c21-17-3-7-19(8-4-17)25-13-11-24(12-14-25)10-9-23-20(26)15-16-1-5-18(22)6-2-16/h1-8H,9-15,22H2,(H,23,26). The molecule has 26 heavy (non-hydrogen) atoms. The summed E-state index contributed by atoms with van der Waals surface area (Å²) in [6, 6.07) is 14.0. The molecule has 1 fully saturated rings. The number of carbonyl (C=O) groups excluding carboxylic acids is 1. The molecule has 1 amide bonds. The fraction of sp³-hybridized carbons (Fsp3) is 0.350. The Morgan fingerprint density at radius 2 is 1.65 bits per heavy atom. The number of nitrogens with one attached hydrogen (secondary N) is 1. The first kappa shape index (κ1) is 18.2. The fourth-order valence-electron chi connectivity index (χ4n) is 3.12. The topological polar surface area (TPSA) is 61.6 Å².